The maximum Gasteiger partial charge on any atom is 0.299 e. The van der Waals surface area contributed by atoms with E-state index < -0.39 is 9.85 Å². The lowest BCUT2D eigenvalue weighted by molar-refractivity contribution is -0.393. The van der Waals surface area contributed by atoms with Gasteiger partial charge in [0.1, 0.15) is 12.3 Å². The van der Waals surface area contributed by atoms with Crippen LogP contribution < -0.4 is 5.32 Å². The van der Waals surface area contributed by atoms with Crippen molar-refractivity contribution in [3.63, 3.8) is 0 Å². The number of terminal acetylenes is 1. The number of hydrogen-bond donors (Lipinski definition) is 1. The van der Waals surface area contributed by atoms with E-state index in [-0.39, 0.29) is 30.2 Å². The van der Waals surface area contributed by atoms with Crippen molar-refractivity contribution in [2.24, 2.45) is 0 Å². The second-order valence-electron chi connectivity index (χ2n) is 9.52. The third-order valence-electron chi connectivity index (χ3n) is 5.86. The molecule has 49 heavy (non-hydrogen) atoms. The summed E-state index contributed by atoms with van der Waals surface area (Å²) in [5.74, 6) is 2.39. The van der Waals surface area contributed by atoms with Gasteiger partial charge < -0.3 is 57.4 Å². The monoisotopic (exact) mass is 705 g/mol. The van der Waals surface area contributed by atoms with Gasteiger partial charge in [0.05, 0.1) is 155 Å². The van der Waals surface area contributed by atoms with E-state index in [1.807, 2.05) is 0 Å². The summed E-state index contributed by atoms with van der Waals surface area (Å²) in [7, 11) is 0. The van der Waals surface area contributed by atoms with E-state index in [0.29, 0.717) is 139 Å². The molecule has 0 atom stereocenters. The number of ether oxygens (including phenoxy) is 11. The van der Waals surface area contributed by atoms with Gasteiger partial charge in [-0.3, -0.25) is 20.2 Å². The van der Waals surface area contributed by atoms with Crippen molar-refractivity contribution in [1.82, 2.24) is 0 Å². The third-order valence-corrected chi connectivity index (χ3v) is 5.86. The van der Waals surface area contributed by atoms with Gasteiger partial charge in [0, 0.05) is 12.6 Å². The minimum absolute atomic E-state index is 0.184. The molecule has 0 aliphatic heterocycles. The van der Waals surface area contributed by atoms with Crippen LogP contribution in [-0.2, 0) is 52.1 Å². The van der Waals surface area contributed by atoms with Gasteiger partial charge in [-0.05, 0) is 6.07 Å². The summed E-state index contributed by atoms with van der Waals surface area (Å²) in [4.78, 5) is 20.6. The lowest BCUT2D eigenvalue weighted by Gasteiger charge is -2.09. The van der Waals surface area contributed by atoms with Crippen LogP contribution in [0.1, 0.15) is 0 Å². The van der Waals surface area contributed by atoms with Gasteiger partial charge >= 0.3 is 0 Å². The molecule has 0 bridgehead atoms. The minimum atomic E-state index is -0.682. The third kappa shape index (κ3) is 27.5. The van der Waals surface area contributed by atoms with Gasteiger partial charge in [0.25, 0.3) is 11.4 Å². The Morgan fingerprint density at radius 3 is 1.14 bits per heavy atom. The first-order valence-corrected chi connectivity index (χ1v) is 16.0. The summed E-state index contributed by atoms with van der Waals surface area (Å²) < 4.78 is 59.3. The van der Waals surface area contributed by atoms with Crippen LogP contribution in [0.4, 0.5) is 17.1 Å². The Bertz CT molecular complexity index is 999. The molecule has 1 aromatic carbocycles. The molecule has 0 heterocycles. The highest BCUT2D eigenvalue weighted by Crippen LogP contribution is 2.28. The van der Waals surface area contributed by atoms with Crippen molar-refractivity contribution >= 4 is 17.1 Å². The summed E-state index contributed by atoms with van der Waals surface area (Å²) in [6.07, 6.45) is 5.07. The zero-order valence-corrected chi connectivity index (χ0v) is 28.1. The molecule has 0 aliphatic carbocycles. The van der Waals surface area contributed by atoms with Crippen LogP contribution in [0.3, 0.4) is 0 Å². The van der Waals surface area contributed by atoms with E-state index in [1.54, 1.807) is 0 Å². The lowest BCUT2D eigenvalue weighted by Crippen LogP contribution is -2.16. The maximum atomic E-state index is 11.1. The van der Waals surface area contributed by atoms with E-state index in [4.69, 9.17) is 58.5 Å². The van der Waals surface area contributed by atoms with E-state index in [2.05, 4.69) is 11.2 Å². The first-order chi connectivity index (χ1) is 24.1. The van der Waals surface area contributed by atoms with Gasteiger partial charge in [-0.25, -0.2) is 0 Å². The van der Waals surface area contributed by atoms with Gasteiger partial charge in [-0.2, -0.15) is 0 Å². The summed E-state index contributed by atoms with van der Waals surface area (Å²) in [6.45, 7) is 9.95. The smallest absolute Gasteiger partial charge is 0.299 e. The number of nitrogens with one attached hydrogen (secondary N) is 1. The Kier molecular flexibility index (Phi) is 30.0. The van der Waals surface area contributed by atoms with Gasteiger partial charge in [0.2, 0.25) is 0 Å². The standard InChI is InChI=1S/C31H51N3O15/c1-2-6-39-8-10-41-12-14-43-16-18-45-20-22-47-24-26-49-27-25-48-23-21-46-19-17-44-15-13-42-11-9-40-7-5-32-30-4-3-29(33(35)36)28-31(30)34(37)38/h1,3-4,28,32H,5-27H2. The summed E-state index contributed by atoms with van der Waals surface area (Å²) in [5, 5.41) is 24.8. The number of nitro benzene ring substituents is 2. The first kappa shape index (κ1) is 44.0. The van der Waals surface area contributed by atoms with Crippen LogP contribution in [0.25, 0.3) is 0 Å². The molecule has 0 saturated carbocycles. The molecule has 1 aromatic rings. The highest BCUT2D eigenvalue weighted by molar-refractivity contribution is 5.65. The van der Waals surface area contributed by atoms with Gasteiger partial charge in [-0.1, -0.05) is 5.92 Å². The fourth-order valence-electron chi connectivity index (χ4n) is 3.52. The molecule has 1 N–H and O–H groups in total. The van der Waals surface area contributed by atoms with E-state index in [9.17, 15) is 20.2 Å². The normalized spacial score (nSPS) is 11.1. The molecule has 0 fully saturated rings. The molecular formula is C31H51N3O15. The second kappa shape index (κ2) is 33.4. The Labute approximate surface area is 287 Å². The van der Waals surface area contributed by atoms with Crippen LogP contribution in [0.5, 0.6) is 0 Å². The number of nitro groups is 2. The van der Waals surface area contributed by atoms with Crippen molar-refractivity contribution in [2.45, 2.75) is 0 Å². The molecule has 0 aliphatic rings. The highest BCUT2D eigenvalue weighted by atomic mass is 16.6. The van der Waals surface area contributed by atoms with Crippen LogP contribution in [0.2, 0.25) is 0 Å². The molecule has 0 radical (unpaired) electrons. The fraction of sp³-hybridized carbons (Fsp3) is 0.742. The van der Waals surface area contributed by atoms with E-state index in [0.717, 1.165) is 6.07 Å². The predicted molar refractivity (Wildman–Crippen MR) is 176 cm³/mol. The fourth-order valence-corrected chi connectivity index (χ4v) is 3.52. The SMILES string of the molecule is C#CCOCCOCCOCCOCCOCCOCCOCCOCCOCCOCCOCCNc1ccc([N+](=O)[O-])cc1[N+](=O)[O-]. The number of non-ortho nitro benzene ring substituents is 1. The zero-order chi connectivity index (χ0) is 35.5. The Morgan fingerprint density at radius 1 is 0.510 bits per heavy atom. The summed E-state index contributed by atoms with van der Waals surface area (Å²) >= 11 is 0. The van der Waals surface area contributed by atoms with Crippen molar-refractivity contribution in [1.29, 1.82) is 0 Å². The molecule has 18 nitrogen and oxygen atoms in total. The van der Waals surface area contributed by atoms with Crippen molar-refractivity contribution in [2.75, 3.05) is 157 Å². The summed E-state index contributed by atoms with van der Waals surface area (Å²) in [6, 6.07) is 3.42. The van der Waals surface area contributed by atoms with E-state index >= 15 is 0 Å². The Hall–Kier alpha value is -3.06. The second-order valence-corrected chi connectivity index (χ2v) is 9.52. The number of rotatable bonds is 37. The molecule has 0 aromatic heterocycles. The molecule has 0 saturated heterocycles. The number of anilines is 1. The van der Waals surface area contributed by atoms with Crippen molar-refractivity contribution < 1.29 is 62.0 Å². The highest BCUT2D eigenvalue weighted by Gasteiger charge is 2.19. The first-order valence-electron chi connectivity index (χ1n) is 16.0. The number of hydrogen-bond acceptors (Lipinski definition) is 16. The Balaban J connectivity index is 1.72. The zero-order valence-electron chi connectivity index (χ0n) is 28.1. The van der Waals surface area contributed by atoms with Crippen LogP contribution in [-0.4, -0.2) is 162 Å². The van der Waals surface area contributed by atoms with Gasteiger partial charge in [0.15, 0.2) is 0 Å². The van der Waals surface area contributed by atoms with Crippen molar-refractivity contribution in [3.8, 4) is 12.3 Å². The topological polar surface area (TPSA) is 200 Å². The molecule has 1 rings (SSSR count). The minimum Gasteiger partial charge on any atom is -0.377 e. The van der Waals surface area contributed by atoms with Gasteiger partial charge in [-0.15, -0.1) is 6.42 Å². The average Bonchev–Trinajstić information content (AvgIpc) is 3.09. The molecular weight excluding hydrogens is 654 g/mol. The van der Waals surface area contributed by atoms with Crippen LogP contribution >= 0.6 is 0 Å². The molecule has 0 unspecified atom stereocenters. The predicted octanol–water partition coefficient (Wildman–Crippen LogP) is 1.73. The number of nitrogens with zero attached hydrogens (tertiary/aromatic N) is 2. The lowest BCUT2D eigenvalue weighted by atomic mass is 10.2. The van der Waals surface area contributed by atoms with Crippen LogP contribution in [0, 0.1) is 32.6 Å². The molecule has 280 valence electrons. The maximum absolute atomic E-state index is 11.1. The molecule has 18 heteroatoms. The van der Waals surface area contributed by atoms with E-state index in [1.165, 1.54) is 12.1 Å². The largest absolute Gasteiger partial charge is 0.377 e. The average molecular weight is 706 g/mol. The Morgan fingerprint density at radius 2 is 0.837 bits per heavy atom. The summed E-state index contributed by atoms with van der Waals surface area (Å²) in [5.41, 5.74) is -0.530. The van der Waals surface area contributed by atoms with Crippen LogP contribution in [0.15, 0.2) is 18.2 Å². The molecule has 0 spiro atoms. The molecule has 0 amide bonds. The number of benzene rings is 1. The quantitative estimate of drug-likeness (QED) is 0.0454. The van der Waals surface area contributed by atoms with Crippen molar-refractivity contribution in [3.05, 3.63) is 38.4 Å².